The van der Waals surface area contributed by atoms with Gasteiger partial charge in [0, 0.05) is 18.7 Å². The molecular weight excluding hydrogens is 222 g/mol. The first-order valence-corrected chi connectivity index (χ1v) is 7.13. The van der Waals surface area contributed by atoms with E-state index in [2.05, 4.69) is 50.4 Å². The zero-order valence-corrected chi connectivity index (χ0v) is 11.8. The van der Waals surface area contributed by atoms with Crippen LogP contribution in [-0.4, -0.2) is 18.8 Å². The van der Waals surface area contributed by atoms with Crippen LogP contribution in [0.15, 0.2) is 24.3 Å². The molecule has 1 heterocycles. The van der Waals surface area contributed by atoms with Crippen molar-refractivity contribution in [1.29, 1.82) is 0 Å². The molecule has 1 aromatic rings. The number of nitrogens with one attached hydrogen (secondary N) is 1. The van der Waals surface area contributed by atoms with Crippen LogP contribution in [0.25, 0.3) is 0 Å². The van der Waals surface area contributed by atoms with Crippen LogP contribution in [0.3, 0.4) is 0 Å². The Morgan fingerprint density at radius 3 is 2.72 bits per heavy atom. The summed E-state index contributed by atoms with van der Waals surface area (Å²) in [6.07, 6.45) is 3.85. The number of hydrogen-bond acceptors (Lipinski definition) is 2. The Labute approximate surface area is 111 Å². The summed E-state index contributed by atoms with van der Waals surface area (Å²) in [5.41, 5.74) is 2.70. The standard InChI is InChI=1S/C16H25NO/c1-4-16-11-15(9-10-18-16)17-13(3)14-7-5-12(2)6-8-14/h5-8,13,15-17H,4,9-11H2,1-3H3. The average molecular weight is 247 g/mol. The van der Waals surface area contributed by atoms with Crippen molar-refractivity contribution in [2.24, 2.45) is 0 Å². The lowest BCUT2D eigenvalue weighted by molar-refractivity contribution is -0.00165. The maximum atomic E-state index is 5.72. The molecule has 2 heteroatoms. The second-order valence-corrected chi connectivity index (χ2v) is 5.42. The molecule has 3 atom stereocenters. The van der Waals surface area contributed by atoms with Crippen molar-refractivity contribution in [2.45, 2.75) is 58.2 Å². The van der Waals surface area contributed by atoms with E-state index in [0.29, 0.717) is 18.2 Å². The Balaban J connectivity index is 1.90. The summed E-state index contributed by atoms with van der Waals surface area (Å²) in [6.45, 7) is 7.49. The van der Waals surface area contributed by atoms with Crippen LogP contribution in [0.5, 0.6) is 0 Å². The minimum Gasteiger partial charge on any atom is -0.378 e. The van der Waals surface area contributed by atoms with E-state index in [0.717, 1.165) is 25.9 Å². The summed E-state index contributed by atoms with van der Waals surface area (Å²) in [7, 11) is 0. The summed E-state index contributed by atoms with van der Waals surface area (Å²) in [4.78, 5) is 0. The van der Waals surface area contributed by atoms with Crippen LogP contribution in [0, 0.1) is 6.92 Å². The predicted octanol–water partition coefficient (Wildman–Crippen LogP) is 3.60. The van der Waals surface area contributed by atoms with E-state index in [-0.39, 0.29) is 0 Å². The zero-order chi connectivity index (χ0) is 13.0. The van der Waals surface area contributed by atoms with E-state index >= 15 is 0 Å². The molecule has 100 valence electrons. The molecule has 0 saturated carbocycles. The Morgan fingerprint density at radius 2 is 2.06 bits per heavy atom. The summed E-state index contributed by atoms with van der Waals surface area (Å²) in [5.74, 6) is 0. The third kappa shape index (κ3) is 3.56. The van der Waals surface area contributed by atoms with Gasteiger partial charge in [-0.3, -0.25) is 0 Å². The Morgan fingerprint density at radius 1 is 1.33 bits per heavy atom. The second-order valence-electron chi connectivity index (χ2n) is 5.42. The van der Waals surface area contributed by atoms with Crippen LogP contribution in [-0.2, 0) is 4.74 Å². The normalized spacial score (nSPS) is 25.9. The zero-order valence-electron chi connectivity index (χ0n) is 11.8. The fraction of sp³-hybridized carbons (Fsp3) is 0.625. The van der Waals surface area contributed by atoms with Gasteiger partial charge in [-0.05, 0) is 38.7 Å². The lowest BCUT2D eigenvalue weighted by Crippen LogP contribution is -2.39. The fourth-order valence-corrected chi connectivity index (χ4v) is 2.62. The summed E-state index contributed by atoms with van der Waals surface area (Å²) in [6, 6.07) is 9.84. The lowest BCUT2D eigenvalue weighted by atomic mass is 9.99. The average Bonchev–Trinajstić information content (AvgIpc) is 2.39. The van der Waals surface area contributed by atoms with Crippen LogP contribution in [0.1, 0.15) is 50.3 Å². The van der Waals surface area contributed by atoms with Gasteiger partial charge in [-0.1, -0.05) is 36.8 Å². The van der Waals surface area contributed by atoms with Crippen molar-refractivity contribution in [2.75, 3.05) is 6.61 Å². The van der Waals surface area contributed by atoms with E-state index in [1.807, 2.05) is 0 Å². The van der Waals surface area contributed by atoms with E-state index in [4.69, 9.17) is 4.74 Å². The molecule has 1 fully saturated rings. The van der Waals surface area contributed by atoms with E-state index in [1.54, 1.807) is 0 Å². The van der Waals surface area contributed by atoms with Gasteiger partial charge in [0.1, 0.15) is 0 Å². The molecule has 2 rings (SSSR count). The van der Waals surface area contributed by atoms with Crippen molar-refractivity contribution in [3.8, 4) is 0 Å². The molecule has 0 amide bonds. The van der Waals surface area contributed by atoms with Gasteiger partial charge >= 0.3 is 0 Å². The van der Waals surface area contributed by atoms with Crippen molar-refractivity contribution >= 4 is 0 Å². The second kappa shape index (κ2) is 6.35. The van der Waals surface area contributed by atoms with Crippen molar-refractivity contribution in [1.82, 2.24) is 5.32 Å². The number of hydrogen-bond donors (Lipinski definition) is 1. The lowest BCUT2D eigenvalue weighted by Gasteiger charge is -2.32. The third-order valence-corrected chi connectivity index (χ3v) is 3.89. The maximum Gasteiger partial charge on any atom is 0.0587 e. The van der Waals surface area contributed by atoms with Crippen molar-refractivity contribution < 1.29 is 4.74 Å². The van der Waals surface area contributed by atoms with Crippen molar-refractivity contribution in [3.63, 3.8) is 0 Å². The predicted molar refractivity (Wildman–Crippen MR) is 75.8 cm³/mol. The van der Waals surface area contributed by atoms with E-state index < -0.39 is 0 Å². The highest BCUT2D eigenvalue weighted by molar-refractivity contribution is 5.23. The molecule has 0 spiro atoms. The van der Waals surface area contributed by atoms with E-state index in [9.17, 15) is 0 Å². The highest BCUT2D eigenvalue weighted by Crippen LogP contribution is 2.20. The first kappa shape index (κ1) is 13.6. The molecule has 1 N–H and O–H groups in total. The van der Waals surface area contributed by atoms with Gasteiger partial charge in [0.15, 0.2) is 0 Å². The minimum absolute atomic E-state index is 0.422. The number of ether oxygens (including phenoxy) is 1. The number of benzene rings is 1. The van der Waals surface area contributed by atoms with Gasteiger partial charge in [-0.25, -0.2) is 0 Å². The highest BCUT2D eigenvalue weighted by Gasteiger charge is 2.22. The van der Waals surface area contributed by atoms with Gasteiger partial charge in [-0.15, -0.1) is 0 Å². The van der Waals surface area contributed by atoms with E-state index in [1.165, 1.54) is 11.1 Å². The largest absolute Gasteiger partial charge is 0.378 e. The van der Waals surface area contributed by atoms with Gasteiger partial charge in [0.2, 0.25) is 0 Å². The maximum absolute atomic E-state index is 5.72. The summed E-state index contributed by atoms with van der Waals surface area (Å²) in [5, 5.41) is 3.74. The van der Waals surface area contributed by atoms with Crippen molar-refractivity contribution in [3.05, 3.63) is 35.4 Å². The molecule has 2 nitrogen and oxygen atoms in total. The monoisotopic (exact) mass is 247 g/mol. The summed E-state index contributed by atoms with van der Waals surface area (Å²) < 4.78 is 5.72. The topological polar surface area (TPSA) is 21.3 Å². The van der Waals surface area contributed by atoms with Crippen LogP contribution in [0.4, 0.5) is 0 Å². The molecule has 0 aromatic heterocycles. The highest BCUT2D eigenvalue weighted by atomic mass is 16.5. The van der Waals surface area contributed by atoms with Gasteiger partial charge in [-0.2, -0.15) is 0 Å². The minimum atomic E-state index is 0.422. The molecule has 18 heavy (non-hydrogen) atoms. The first-order valence-electron chi connectivity index (χ1n) is 7.13. The summed E-state index contributed by atoms with van der Waals surface area (Å²) >= 11 is 0. The van der Waals surface area contributed by atoms with Gasteiger partial charge in [0.05, 0.1) is 6.10 Å². The number of rotatable bonds is 4. The first-order chi connectivity index (χ1) is 8.69. The molecule has 0 aliphatic carbocycles. The van der Waals surface area contributed by atoms with Crippen LogP contribution < -0.4 is 5.32 Å². The molecule has 0 bridgehead atoms. The number of aryl methyl sites for hydroxylation is 1. The molecule has 0 radical (unpaired) electrons. The Kier molecular flexibility index (Phi) is 4.79. The molecule has 1 aliphatic rings. The van der Waals surface area contributed by atoms with Gasteiger partial charge in [0.25, 0.3) is 0 Å². The molecule has 3 unspecified atom stereocenters. The molecular formula is C16H25NO. The Bertz CT molecular complexity index is 360. The quantitative estimate of drug-likeness (QED) is 0.877. The van der Waals surface area contributed by atoms with Crippen LogP contribution >= 0.6 is 0 Å². The smallest absolute Gasteiger partial charge is 0.0587 e. The van der Waals surface area contributed by atoms with Gasteiger partial charge < -0.3 is 10.1 Å². The molecule has 1 aromatic carbocycles. The third-order valence-electron chi connectivity index (χ3n) is 3.89. The fourth-order valence-electron chi connectivity index (χ4n) is 2.62. The SMILES string of the molecule is CCC1CC(NC(C)c2ccc(C)cc2)CCO1. The Hall–Kier alpha value is -0.860. The molecule has 1 aliphatic heterocycles. The van der Waals surface area contributed by atoms with Crippen LogP contribution in [0.2, 0.25) is 0 Å². The molecule has 1 saturated heterocycles.